The highest BCUT2D eigenvalue weighted by Gasteiger charge is 2.28. The van der Waals surface area contributed by atoms with E-state index in [0.29, 0.717) is 55.6 Å². The quantitative estimate of drug-likeness (QED) is 0.416. The summed E-state index contributed by atoms with van der Waals surface area (Å²) in [5.41, 5.74) is 27.0. The van der Waals surface area contributed by atoms with Crippen molar-refractivity contribution in [2.24, 2.45) is 22.9 Å². The van der Waals surface area contributed by atoms with Gasteiger partial charge in [0.1, 0.15) is 0 Å². The van der Waals surface area contributed by atoms with Crippen LogP contribution in [0.5, 0.6) is 0 Å². The molecule has 2 fully saturated rings. The molecule has 0 saturated carbocycles. The van der Waals surface area contributed by atoms with Crippen LogP contribution in [0.25, 0.3) is 0 Å². The van der Waals surface area contributed by atoms with Crippen LogP contribution in [0.1, 0.15) is 24.0 Å². The largest absolute Gasteiger partial charge is 0.350 e. The van der Waals surface area contributed by atoms with Crippen LogP contribution in [-0.4, -0.2) is 65.3 Å². The van der Waals surface area contributed by atoms with Crippen LogP contribution in [0, 0.1) is 6.92 Å². The molecule has 0 bridgehead atoms. The number of hydrogen-bond acceptors (Lipinski definition) is 10. The minimum absolute atomic E-state index is 0.0241. The van der Waals surface area contributed by atoms with Gasteiger partial charge in [0.15, 0.2) is 0 Å². The van der Waals surface area contributed by atoms with Crippen LogP contribution in [-0.2, 0) is 6.54 Å². The molecule has 2 aliphatic heterocycles. The van der Waals surface area contributed by atoms with Crippen molar-refractivity contribution in [2.45, 2.75) is 50.5 Å². The molecule has 0 radical (unpaired) electrons. The second-order valence-electron chi connectivity index (χ2n) is 9.01. The average molecular weight is 461 g/mol. The van der Waals surface area contributed by atoms with E-state index in [2.05, 4.69) is 15.3 Å². The van der Waals surface area contributed by atoms with Crippen LogP contribution in [0.3, 0.4) is 0 Å². The number of aryl methyl sites for hydroxylation is 1. The lowest BCUT2D eigenvalue weighted by molar-refractivity contribution is 0.441. The first kappa shape index (κ1) is 22.9. The van der Waals surface area contributed by atoms with Crippen molar-refractivity contribution in [3.63, 3.8) is 0 Å². The van der Waals surface area contributed by atoms with Gasteiger partial charge in [-0.1, -0.05) is 17.7 Å². The Labute approximate surface area is 193 Å². The second-order valence-corrected chi connectivity index (χ2v) is 9.44. The number of hydrogen-bond donors (Lipinski definition) is 5. The van der Waals surface area contributed by atoms with Crippen LogP contribution >= 0.6 is 11.6 Å². The van der Waals surface area contributed by atoms with Crippen molar-refractivity contribution in [3.8, 4) is 0 Å². The number of piperidine rings is 2. The minimum atomic E-state index is -0.0241. The van der Waals surface area contributed by atoms with Gasteiger partial charge in [-0.15, -0.1) is 0 Å². The van der Waals surface area contributed by atoms with E-state index in [-0.39, 0.29) is 24.2 Å². The lowest BCUT2D eigenvalue weighted by Crippen LogP contribution is -2.54. The van der Waals surface area contributed by atoms with Gasteiger partial charge in [-0.05, 0) is 43.0 Å². The van der Waals surface area contributed by atoms with E-state index in [1.54, 1.807) is 0 Å². The van der Waals surface area contributed by atoms with Gasteiger partial charge in [0.2, 0.25) is 17.8 Å². The predicted octanol–water partition coefficient (Wildman–Crippen LogP) is 0.175. The Balaban J connectivity index is 1.62. The van der Waals surface area contributed by atoms with E-state index in [9.17, 15) is 0 Å². The summed E-state index contributed by atoms with van der Waals surface area (Å²) >= 11 is 6.09. The van der Waals surface area contributed by atoms with Crippen molar-refractivity contribution in [1.29, 1.82) is 0 Å². The topological polar surface area (TPSA) is 161 Å². The van der Waals surface area contributed by atoms with Crippen LogP contribution in [0.4, 0.5) is 17.8 Å². The van der Waals surface area contributed by atoms with E-state index < -0.39 is 0 Å². The molecule has 0 amide bonds. The molecule has 4 rings (SSSR count). The molecule has 4 atom stereocenters. The maximum Gasteiger partial charge on any atom is 0.232 e. The zero-order valence-corrected chi connectivity index (χ0v) is 19.2. The third-order valence-electron chi connectivity index (χ3n) is 5.95. The Kier molecular flexibility index (Phi) is 6.96. The summed E-state index contributed by atoms with van der Waals surface area (Å²) in [6.07, 6.45) is 1.57. The van der Waals surface area contributed by atoms with E-state index in [1.165, 1.54) is 0 Å². The second kappa shape index (κ2) is 9.72. The van der Waals surface area contributed by atoms with E-state index >= 15 is 0 Å². The molecule has 11 heteroatoms. The van der Waals surface area contributed by atoms with Gasteiger partial charge in [0, 0.05) is 61.9 Å². The number of nitrogens with one attached hydrogen (secondary N) is 1. The maximum atomic E-state index is 6.21. The molecule has 10 nitrogen and oxygen atoms in total. The van der Waals surface area contributed by atoms with Crippen LogP contribution in [0.15, 0.2) is 18.2 Å². The summed E-state index contributed by atoms with van der Waals surface area (Å²) in [5.74, 6) is 1.60. The zero-order chi connectivity index (χ0) is 22.8. The molecule has 2 aromatic rings. The molecule has 2 saturated heterocycles. The number of benzene rings is 1. The Hall–Kier alpha value is -2.24. The smallest absolute Gasteiger partial charge is 0.232 e. The van der Waals surface area contributed by atoms with Gasteiger partial charge in [0.25, 0.3) is 0 Å². The highest BCUT2D eigenvalue weighted by Crippen LogP contribution is 2.23. The minimum Gasteiger partial charge on any atom is -0.350 e. The monoisotopic (exact) mass is 460 g/mol. The highest BCUT2D eigenvalue weighted by molar-refractivity contribution is 6.30. The summed E-state index contributed by atoms with van der Waals surface area (Å²) in [6.45, 7) is 5.17. The molecular formula is C21H33ClN10. The van der Waals surface area contributed by atoms with Gasteiger partial charge in [-0.25, -0.2) is 0 Å². The number of nitrogens with two attached hydrogens (primary N) is 4. The standard InChI is InChI=1S/C21H33ClN10/c1-12-4-14(22)3-2-13(12)7-27-19-28-20(31-8-15(23)5-16(24)9-31)30-21(29-19)32-10-17(25)6-18(26)11-32/h2-4,15-18H,5-11,23-26H2,1H3,(H,27,28,29,30). The molecule has 9 N–H and O–H groups in total. The lowest BCUT2D eigenvalue weighted by Gasteiger charge is -2.37. The molecular weight excluding hydrogens is 428 g/mol. The predicted molar refractivity (Wildman–Crippen MR) is 129 cm³/mol. The van der Waals surface area contributed by atoms with Gasteiger partial charge in [-0.3, -0.25) is 0 Å². The van der Waals surface area contributed by atoms with E-state index in [1.807, 2.05) is 34.9 Å². The van der Waals surface area contributed by atoms with Crippen molar-refractivity contribution < 1.29 is 0 Å². The maximum absolute atomic E-state index is 6.21. The molecule has 32 heavy (non-hydrogen) atoms. The fourth-order valence-corrected chi connectivity index (χ4v) is 4.66. The Morgan fingerprint density at radius 3 is 1.84 bits per heavy atom. The van der Waals surface area contributed by atoms with Crippen molar-refractivity contribution >= 4 is 29.4 Å². The summed E-state index contributed by atoms with van der Waals surface area (Å²) < 4.78 is 0. The Morgan fingerprint density at radius 1 is 0.875 bits per heavy atom. The van der Waals surface area contributed by atoms with Gasteiger partial charge in [-0.2, -0.15) is 15.0 Å². The number of anilines is 3. The highest BCUT2D eigenvalue weighted by atomic mass is 35.5. The summed E-state index contributed by atoms with van der Waals surface area (Å²) in [6, 6.07) is 5.72. The molecule has 1 aromatic carbocycles. The normalized spacial score (nSPS) is 26.3. The van der Waals surface area contributed by atoms with Crippen molar-refractivity contribution in [2.75, 3.05) is 41.3 Å². The van der Waals surface area contributed by atoms with Crippen LogP contribution < -0.4 is 38.1 Å². The molecule has 2 aliphatic rings. The van der Waals surface area contributed by atoms with E-state index in [0.717, 1.165) is 24.0 Å². The SMILES string of the molecule is Cc1cc(Cl)ccc1CNc1nc(N2CC(N)CC(N)C2)nc(N2CC(N)CC(N)C2)n1. The number of aromatic nitrogens is 3. The first-order valence-corrected chi connectivity index (χ1v) is 11.4. The van der Waals surface area contributed by atoms with Crippen molar-refractivity contribution in [1.82, 2.24) is 15.0 Å². The number of rotatable bonds is 5. The van der Waals surface area contributed by atoms with Gasteiger partial charge in [0.05, 0.1) is 0 Å². The fourth-order valence-electron chi connectivity index (χ4n) is 4.43. The van der Waals surface area contributed by atoms with Gasteiger partial charge < -0.3 is 38.1 Å². The summed E-state index contributed by atoms with van der Waals surface area (Å²) in [5, 5.41) is 4.06. The average Bonchev–Trinajstić information content (AvgIpc) is 2.71. The first-order valence-electron chi connectivity index (χ1n) is 11.0. The molecule has 1 aromatic heterocycles. The molecule has 174 valence electrons. The lowest BCUT2D eigenvalue weighted by atomic mass is 10.0. The van der Waals surface area contributed by atoms with Crippen molar-refractivity contribution in [3.05, 3.63) is 34.3 Å². The summed E-state index contributed by atoms with van der Waals surface area (Å²) in [4.78, 5) is 18.2. The Bertz CT molecular complexity index is 877. The number of halogens is 1. The molecule has 4 unspecified atom stereocenters. The van der Waals surface area contributed by atoms with Crippen LogP contribution in [0.2, 0.25) is 5.02 Å². The molecule has 0 spiro atoms. The Morgan fingerprint density at radius 2 is 1.38 bits per heavy atom. The zero-order valence-electron chi connectivity index (χ0n) is 18.4. The van der Waals surface area contributed by atoms with Gasteiger partial charge >= 0.3 is 0 Å². The first-order chi connectivity index (χ1) is 15.3. The molecule has 0 aliphatic carbocycles. The molecule has 3 heterocycles. The third kappa shape index (κ3) is 5.57. The number of nitrogens with zero attached hydrogens (tertiary/aromatic N) is 5. The summed E-state index contributed by atoms with van der Waals surface area (Å²) in [7, 11) is 0. The fraction of sp³-hybridized carbons (Fsp3) is 0.571. The third-order valence-corrected chi connectivity index (χ3v) is 6.18. The van der Waals surface area contributed by atoms with E-state index in [4.69, 9.17) is 39.5 Å².